The predicted octanol–water partition coefficient (Wildman–Crippen LogP) is 4.34. The maximum Gasteiger partial charge on any atom is 0.408 e. The van der Waals surface area contributed by atoms with Crippen molar-refractivity contribution < 1.29 is 14.3 Å². The van der Waals surface area contributed by atoms with Crippen LogP contribution >= 0.6 is 15.9 Å². The molecule has 0 aromatic heterocycles. The van der Waals surface area contributed by atoms with Crippen LogP contribution in [0.15, 0.2) is 22.3 Å². The van der Waals surface area contributed by atoms with Crippen LogP contribution in [0.2, 0.25) is 0 Å². The summed E-state index contributed by atoms with van der Waals surface area (Å²) in [6.45, 7) is 9.60. The summed E-state index contributed by atoms with van der Waals surface area (Å²) in [4.78, 5) is 26.2. The Morgan fingerprint density at radius 2 is 2.04 bits per heavy atom. The molecule has 1 N–H and O–H groups in total. The second kappa shape index (κ2) is 8.70. The Bertz CT molecular complexity index is 533. The summed E-state index contributed by atoms with van der Waals surface area (Å²) in [6.07, 6.45) is 5.64. The summed E-state index contributed by atoms with van der Waals surface area (Å²) in [7, 11) is 1.75. The Balaban J connectivity index is 2.81. The molecule has 0 bridgehead atoms. The lowest BCUT2D eigenvalue weighted by atomic mass is 10.1. The number of ether oxygens (including phenoxy) is 1. The van der Waals surface area contributed by atoms with Crippen LogP contribution in [0, 0.1) is 5.92 Å². The van der Waals surface area contributed by atoms with Crippen LogP contribution in [0.3, 0.4) is 0 Å². The van der Waals surface area contributed by atoms with E-state index in [1.807, 2.05) is 12.2 Å². The molecule has 1 aliphatic rings. The minimum absolute atomic E-state index is 0.112. The van der Waals surface area contributed by atoms with Crippen molar-refractivity contribution in [3.63, 3.8) is 0 Å². The molecule has 1 unspecified atom stereocenters. The van der Waals surface area contributed by atoms with Crippen LogP contribution in [0.25, 0.3) is 0 Å². The first-order chi connectivity index (χ1) is 11.0. The van der Waals surface area contributed by atoms with E-state index < -0.39 is 17.7 Å². The summed E-state index contributed by atoms with van der Waals surface area (Å²) < 4.78 is 6.33. The van der Waals surface area contributed by atoms with E-state index in [0.29, 0.717) is 12.3 Å². The number of hydrogen-bond acceptors (Lipinski definition) is 3. The number of likely N-dealkylation sites (tertiary alicyclic amines) is 1. The molecule has 0 aromatic rings. The Kier molecular flexibility index (Phi) is 7.52. The monoisotopic (exact) mass is 400 g/mol. The van der Waals surface area contributed by atoms with Crippen molar-refractivity contribution >= 4 is 27.9 Å². The zero-order chi connectivity index (χ0) is 18.5. The first-order valence-corrected chi connectivity index (χ1v) is 9.14. The molecule has 1 atom stereocenters. The van der Waals surface area contributed by atoms with E-state index in [4.69, 9.17) is 4.74 Å². The number of rotatable bonds is 3. The molecule has 1 heterocycles. The van der Waals surface area contributed by atoms with Gasteiger partial charge in [0, 0.05) is 12.7 Å². The van der Waals surface area contributed by atoms with Gasteiger partial charge in [0.05, 0.1) is 0 Å². The molecule has 1 fully saturated rings. The summed E-state index contributed by atoms with van der Waals surface area (Å²) in [5, 5.41) is 2.69. The van der Waals surface area contributed by atoms with Crippen LogP contribution < -0.4 is 5.32 Å². The lowest BCUT2D eigenvalue weighted by Crippen LogP contribution is -2.47. The maximum atomic E-state index is 12.6. The van der Waals surface area contributed by atoms with Gasteiger partial charge in [0.2, 0.25) is 5.91 Å². The largest absolute Gasteiger partial charge is 0.444 e. The molecule has 6 heteroatoms. The van der Waals surface area contributed by atoms with Gasteiger partial charge >= 0.3 is 6.09 Å². The third-order valence-corrected chi connectivity index (χ3v) is 4.84. The number of allylic oxidation sites excluding steroid dienone is 4. The topological polar surface area (TPSA) is 58.6 Å². The van der Waals surface area contributed by atoms with E-state index in [2.05, 4.69) is 35.1 Å². The molecule has 0 aromatic carbocycles. The number of alkyl carbamates (subject to hydrolysis) is 1. The molecular weight excluding hydrogens is 372 g/mol. The number of hydrogen-bond donors (Lipinski definition) is 1. The van der Waals surface area contributed by atoms with Crippen molar-refractivity contribution in [2.24, 2.45) is 5.92 Å². The van der Waals surface area contributed by atoms with Crippen molar-refractivity contribution in [3.8, 4) is 0 Å². The normalized spacial score (nSPS) is 21.9. The molecule has 0 saturated carbocycles. The predicted molar refractivity (Wildman–Crippen MR) is 99.7 cm³/mol. The zero-order valence-corrected chi connectivity index (χ0v) is 17.1. The Morgan fingerprint density at radius 3 is 2.58 bits per heavy atom. The van der Waals surface area contributed by atoms with Gasteiger partial charge in [-0.25, -0.2) is 4.79 Å². The number of likely N-dealkylation sites (N-methyl/N-ethyl adjacent to an activating group) is 1. The average molecular weight is 401 g/mol. The summed E-state index contributed by atoms with van der Waals surface area (Å²) >= 11 is 3.54. The number of carbonyl (C=O) groups is 2. The Morgan fingerprint density at radius 1 is 1.42 bits per heavy atom. The van der Waals surface area contributed by atoms with Gasteiger partial charge < -0.3 is 15.0 Å². The molecule has 0 radical (unpaired) electrons. The summed E-state index contributed by atoms with van der Waals surface area (Å²) in [5.41, 5.74) is 0.369. The third-order valence-electron chi connectivity index (χ3n) is 3.66. The van der Waals surface area contributed by atoms with Crippen molar-refractivity contribution in [2.75, 3.05) is 7.05 Å². The van der Waals surface area contributed by atoms with Crippen LogP contribution in [-0.2, 0) is 9.53 Å². The lowest BCUT2D eigenvalue weighted by Gasteiger charge is -2.25. The minimum Gasteiger partial charge on any atom is -0.444 e. The number of nitrogens with zero attached hydrogens (tertiary/aromatic N) is 1. The molecular formula is C18H29BrN2O3. The molecule has 1 aliphatic heterocycles. The van der Waals surface area contributed by atoms with Gasteiger partial charge in [-0.3, -0.25) is 4.79 Å². The van der Waals surface area contributed by atoms with Crippen molar-refractivity contribution in [1.82, 2.24) is 10.2 Å². The van der Waals surface area contributed by atoms with Gasteiger partial charge in [0.15, 0.2) is 0 Å². The van der Waals surface area contributed by atoms with Gasteiger partial charge in [-0.1, -0.05) is 35.9 Å². The average Bonchev–Trinajstić information content (AvgIpc) is 2.56. The Hall–Kier alpha value is -1.30. The quantitative estimate of drug-likeness (QED) is 0.766. The highest BCUT2D eigenvalue weighted by Crippen LogP contribution is 2.22. The Labute approximate surface area is 153 Å². The minimum atomic E-state index is -0.581. The number of amides is 2. The van der Waals surface area contributed by atoms with E-state index >= 15 is 0 Å². The molecule has 0 aliphatic carbocycles. The van der Waals surface area contributed by atoms with Crippen molar-refractivity contribution in [2.45, 2.75) is 65.5 Å². The van der Waals surface area contributed by atoms with Crippen LogP contribution in [0.5, 0.6) is 0 Å². The number of halogens is 1. The van der Waals surface area contributed by atoms with E-state index in [1.165, 1.54) is 0 Å². The smallest absolute Gasteiger partial charge is 0.408 e. The number of nitrogens with one attached hydrogen (secondary N) is 1. The van der Waals surface area contributed by atoms with Crippen molar-refractivity contribution in [1.29, 1.82) is 0 Å². The SMILES string of the molecule is CC(C)/C(Br)=C\C=C1/CCCC(NC(=O)OC(C)(C)C)C(=O)N1C. The van der Waals surface area contributed by atoms with Gasteiger partial charge in [-0.15, -0.1) is 0 Å². The lowest BCUT2D eigenvalue weighted by molar-refractivity contribution is -0.130. The van der Waals surface area contributed by atoms with Gasteiger partial charge in [0.25, 0.3) is 0 Å². The maximum absolute atomic E-state index is 12.6. The van der Waals surface area contributed by atoms with Crippen LogP contribution in [0.4, 0.5) is 4.79 Å². The van der Waals surface area contributed by atoms with E-state index in [0.717, 1.165) is 23.0 Å². The summed E-state index contributed by atoms with van der Waals surface area (Å²) in [5.74, 6) is 0.286. The highest BCUT2D eigenvalue weighted by molar-refractivity contribution is 9.11. The second-order valence-electron chi connectivity index (χ2n) is 7.35. The van der Waals surface area contributed by atoms with Crippen LogP contribution in [-0.4, -0.2) is 35.6 Å². The molecule has 0 spiro atoms. The molecule has 24 heavy (non-hydrogen) atoms. The van der Waals surface area contributed by atoms with Gasteiger partial charge in [-0.2, -0.15) is 0 Å². The number of carbonyl (C=O) groups excluding carboxylic acids is 2. The highest BCUT2D eigenvalue weighted by atomic mass is 79.9. The standard InChI is InChI=1S/C18H29BrN2O3/c1-12(2)14(19)11-10-13-8-7-9-15(16(22)21(13)6)20-17(23)24-18(3,4)5/h10-12,15H,7-9H2,1-6H3,(H,20,23)/b13-10+,14-11+. The fourth-order valence-corrected chi connectivity index (χ4v) is 2.43. The molecule has 2 amide bonds. The molecule has 136 valence electrons. The molecule has 1 saturated heterocycles. The third kappa shape index (κ3) is 6.67. The first-order valence-electron chi connectivity index (χ1n) is 8.34. The van der Waals surface area contributed by atoms with E-state index in [-0.39, 0.29) is 5.91 Å². The van der Waals surface area contributed by atoms with Gasteiger partial charge in [-0.05, 0) is 56.5 Å². The van der Waals surface area contributed by atoms with E-state index in [1.54, 1.807) is 32.7 Å². The van der Waals surface area contributed by atoms with Crippen LogP contribution in [0.1, 0.15) is 53.9 Å². The fraction of sp³-hybridized carbons (Fsp3) is 0.667. The highest BCUT2D eigenvalue weighted by Gasteiger charge is 2.30. The molecule has 5 nitrogen and oxygen atoms in total. The van der Waals surface area contributed by atoms with E-state index in [9.17, 15) is 9.59 Å². The second-order valence-corrected chi connectivity index (χ2v) is 8.27. The van der Waals surface area contributed by atoms with Gasteiger partial charge in [0.1, 0.15) is 11.6 Å². The molecule has 1 rings (SSSR count). The van der Waals surface area contributed by atoms with Crippen molar-refractivity contribution in [3.05, 3.63) is 22.3 Å². The first kappa shape index (κ1) is 20.7. The zero-order valence-electron chi connectivity index (χ0n) is 15.5. The summed E-state index contributed by atoms with van der Waals surface area (Å²) in [6, 6.07) is -0.548. The fourth-order valence-electron chi connectivity index (χ4n) is 2.30.